The first-order valence-electron chi connectivity index (χ1n) is 21.4. The van der Waals surface area contributed by atoms with Crippen molar-refractivity contribution in [3.8, 4) is 0 Å². The molecule has 2 N–H and O–H groups in total. The highest BCUT2D eigenvalue weighted by molar-refractivity contribution is 4.84. The van der Waals surface area contributed by atoms with E-state index >= 15 is 0 Å². The molecule has 15 heteroatoms. The molecule has 0 aromatic carbocycles. The molecule has 2 aliphatic rings. The minimum absolute atomic E-state index is 0.00831. The molecular weight excluding hydrogens is 744 g/mol. The van der Waals surface area contributed by atoms with E-state index < -0.39 is 6.10 Å². The molecule has 340 valence electrons. The van der Waals surface area contributed by atoms with Crippen molar-refractivity contribution in [1.82, 2.24) is 0 Å². The van der Waals surface area contributed by atoms with Gasteiger partial charge in [0.2, 0.25) is 0 Å². The molecule has 0 aromatic heterocycles. The number of hydrogen-bond donors (Lipinski definition) is 2. The number of epoxide rings is 2. The largest absolute Gasteiger partial charge is 0.394 e. The lowest BCUT2D eigenvalue weighted by Gasteiger charge is -2.24. The Hall–Kier alpha value is -0.600. The van der Waals surface area contributed by atoms with Gasteiger partial charge in [0, 0.05) is 0 Å². The molecule has 0 bridgehead atoms. The first-order chi connectivity index (χ1) is 27.1. The Morgan fingerprint density at radius 2 is 0.561 bits per heavy atom. The Morgan fingerprint density at radius 1 is 0.368 bits per heavy atom. The fourth-order valence-corrected chi connectivity index (χ4v) is 5.42. The molecule has 0 spiro atoms. The monoisotopic (exact) mass is 827 g/mol. The number of aliphatic hydroxyl groups excluding tert-OH is 2. The molecular formula is C42H82O15. The van der Waals surface area contributed by atoms with Gasteiger partial charge in [0.1, 0.15) is 0 Å². The molecule has 14 unspecified atom stereocenters. The predicted molar refractivity (Wildman–Crippen MR) is 215 cm³/mol. The van der Waals surface area contributed by atoms with Gasteiger partial charge in [-0.2, -0.15) is 0 Å². The average Bonchev–Trinajstić information content (AvgIpc) is 4.15. The molecule has 15 nitrogen and oxygen atoms in total. The van der Waals surface area contributed by atoms with Crippen molar-refractivity contribution >= 4 is 0 Å². The molecule has 2 aliphatic heterocycles. The second kappa shape index (κ2) is 30.4. The first-order valence-corrected chi connectivity index (χ1v) is 21.4. The number of rotatable bonds is 39. The van der Waals surface area contributed by atoms with Crippen LogP contribution in [0.3, 0.4) is 0 Å². The van der Waals surface area contributed by atoms with Gasteiger partial charge in [0.25, 0.3) is 0 Å². The van der Waals surface area contributed by atoms with Crippen LogP contribution in [0.5, 0.6) is 0 Å². The minimum Gasteiger partial charge on any atom is -0.394 e. The third-order valence-corrected chi connectivity index (χ3v) is 9.44. The first kappa shape index (κ1) is 52.5. The van der Waals surface area contributed by atoms with Crippen LogP contribution in [0.1, 0.15) is 89.0 Å². The standard InChI is InChI=1S/C42H82O15/c1-28(14-43)45-15-29(2)46-16-30(3)47-17-31(4)48-18-32(5)49-19-33(6)50-20-34(7)51-21-35(8)52-22-36(9)53-23-37(10)54-24-38(11)55-27-42(44)39(12-40-25-56-40)13-41-26-57-41/h28-44H,12-27H2,1-11H3. The average molecular weight is 827 g/mol. The van der Waals surface area contributed by atoms with Crippen molar-refractivity contribution in [1.29, 1.82) is 0 Å². The van der Waals surface area contributed by atoms with Gasteiger partial charge in [-0.25, -0.2) is 0 Å². The Balaban J connectivity index is 1.43. The second-order valence-electron chi connectivity index (χ2n) is 16.5. The van der Waals surface area contributed by atoms with Crippen LogP contribution >= 0.6 is 0 Å². The second-order valence-corrected chi connectivity index (χ2v) is 16.5. The van der Waals surface area contributed by atoms with Crippen molar-refractivity contribution in [3.63, 3.8) is 0 Å². The van der Waals surface area contributed by atoms with Crippen molar-refractivity contribution in [2.45, 2.75) is 174 Å². The van der Waals surface area contributed by atoms with Gasteiger partial charge in [0.05, 0.1) is 178 Å². The molecule has 0 amide bonds. The van der Waals surface area contributed by atoms with Crippen LogP contribution in [0.15, 0.2) is 0 Å². The zero-order valence-corrected chi connectivity index (χ0v) is 37.2. The van der Waals surface area contributed by atoms with Crippen LogP contribution in [0.2, 0.25) is 0 Å². The van der Waals surface area contributed by atoms with Gasteiger partial charge in [-0.3, -0.25) is 0 Å². The highest BCUT2D eigenvalue weighted by atomic mass is 16.6. The van der Waals surface area contributed by atoms with Gasteiger partial charge in [0.15, 0.2) is 0 Å². The lowest BCUT2D eigenvalue weighted by atomic mass is 9.92. The summed E-state index contributed by atoms with van der Waals surface area (Å²) in [6, 6.07) is 0. The predicted octanol–water partition coefficient (Wildman–Crippen LogP) is 3.99. The highest BCUT2D eigenvalue weighted by Gasteiger charge is 2.35. The van der Waals surface area contributed by atoms with Crippen molar-refractivity contribution in [2.24, 2.45) is 5.92 Å². The van der Waals surface area contributed by atoms with Crippen LogP contribution in [0, 0.1) is 5.92 Å². The van der Waals surface area contributed by atoms with E-state index in [0.717, 1.165) is 26.1 Å². The lowest BCUT2D eigenvalue weighted by molar-refractivity contribution is -0.114. The summed E-state index contributed by atoms with van der Waals surface area (Å²) in [5, 5.41) is 19.8. The summed E-state index contributed by atoms with van der Waals surface area (Å²) in [5.41, 5.74) is 0. The van der Waals surface area contributed by atoms with E-state index in [9.17, 15) is 5.11 Å². The maximum Gasteiger partial charge on any atom is 0.0813 e. The zero-order valence-electron chi connectivity index (χ0n) is 37.2. The Labute approximate surface area is 344 Å². The smallest absolute Gasteiger partial charge is 0.0813 e. The molecule has 57 heavy (non-hydrogen) atoms. The Morgan fingerprint density at radius 3 is 0.754 bits per heavy atom. The van der Waals surface area contributed by atoms with E-state index in [1.165, 1.54) is 0 Å². The van der Waals surface area contributed by atoms with Gasteiger partial charge in [-0.05, 0) is 94.9 Å². The normalized spacial score (nSPS) is 23.7. The van der Waals surface area contributed by atoms with E-state index in [-0.39, 0.29) is 98.5 Å². The SMILES string of the molecule is CC(CO)OCC(C)OCC(C)OCC(C)OCC(C)OCC(C)OCC(C)OCC(C)OCC(C)OCC(C)OCC(C)OCC(O)C(CC1CO1)CC1CO1. The number of hydrogen-bond acceptors (Lipinski definition) is 15. The summed E-state index contributed by atoms with van der Waals surface area (Å²) in [6.45, 7) is 27.7. The third kappa shape index (κ3) is 28.5. The fraction of sp³-hybridized carbons (Fsp3) is 1.00. The Bertz CT molecular complexity index is 944. The summed E-state index contributed by atoms with van der Waals surface area (Å²) < 4.78 is 75.4. The lowest BCUT2D eigenvalue weighted by Crippen LogP contribution is -2.32. The summed E-state index contributed by atoms with van der Waals surface area (Å²) in [5.74, 6) is 0.122. The van der Waals surface area contributed by atoms with E-state index in [2.05, 4.69) is 0 Å². The van der Waals surface area contributed by atoms with Crippen LogP contribution in [-0.4, -0.2) is 188 Å². The highest BCUT2D eigenvalue weighted by Crippen LogP contribution is 2.30. The van der Waals surface area contributed by atoms with Gasteiger partial charge < -0.3 is 71.8 Å². The molecule has 0 aliphatic carbocycles. The van der Waals surface area contributed by atoms with Crippen molar-refractivity contribution < 1.29 is 71.8 Å². The van der Waals surface area contributed by atoms with E-state index in [4.69, 9.17) is 66.7 Å². The molecule has 0 saturated carbocycles. The molecule has 0 radical (unpaired) electrons. The van der Waals surface area contributed by atoms with E-state index in [0.29, 0.717) is 66.1 Å². The van der Waals surface area contributed by atoms with Crippen molar-refractivity contribution in [3.05, 3.63) is 0 Å². The zero-order chi connectivity index (χ0) is 42.2. The number of ether oxygens (including phenoxy) is 13. The van der Waals surface area contributed by atoms with Crippen LogP contribution in [0.25, 0.3) is 0 Å². The summed E-state index contributed by atoms with van der Waals surface area (Å²) in [7, 11) is 0. The topological polar surface area (TPSA) is 167 Å². The molecule has 2 heterocycles. The minimum atomic E-state index is -0.545. The van der Waals surface area contributed by atoms with Crippen LogP contribution < -0.4 is 0 Å². The third-order valence-electron chi connectivity index (χ3n) is 9.44. The number of aliphatic hydroxyl groups is 2. The quantitative estimate of drug-likeness (QED) is 0.0854. The Kier molecular flexibility index (Phi) is 28.0. The molecule has 0 aromatic rings. The maximum absolute atomic E-state index is 10.7. The van der Waals surface area contributed by atoms with Gasteiger partial charge in [-0.1, -0.05) is 0 Å². The summed E-state index contributed by atoms with van der Waals surface area (Å²) >= 11 is 0. The van der Waals surface area contributed by atoms with E-state index in [1.54, 1.807) is 0 Å². The van der Waals surface area contributed by atoms with E-state index in [1.807, 2.05) is 76.2 Å². The van der Waals surface area contributed by atoms with Crippen LogP contribution in [-0.2, 0) is 61.6 Å². The summed E-state index contributed by atoms with van der Waals surface area (Å²) in [6.07, 6.45) is 0.472. The van der Waals surface area contributed by atoms with Crippen molar-refractivity contribution in [2.75, 3.05) is 92.5 Å². The fourth-order valence-electron chi connectivity index (χ4n) is 5.42. The van der Waals surface area contributed by atoms with Gasteiger partial charge in [-0.15, -0.1) is 0 Å². The summed E-state index contributed by atoms with van der Waals surface area (Å²) in [4.78, 5) is 0. The molecule has 2 rings (SSSR count). The molecule has 2 saturated heterocycles. The van der Waals surface area contributed by atoms with Crippen LogP contribution in [0.4, 0.5) is 0 Å². The van der Waals surface area contributed by atoms with Gasteiger partial charge >= 0.3 is 0 Å². The molecule has 2 fully saturated rings. The maximum atomic E-state index is 10.7. The molecule has 14 atom stereocenters.